The minimum atomic E-state index is 0.693. The molecule has 3 heteroatoms. The molecule has 2 aromatic rings. The van der Waals surface area contributed by atoms with E-state index in [2.05, 4.69) is 52.3 Å². The summed E-state index contributed by atoms with van der Waals surface area (Å²) in [5.41, 5.74) is 2.76. The van der Waals surface area contributed by atoms with Gasteiger partial charge in [0.25, 0.3) is 0 Å². The van der Waals surface area contributed by atoms with E-state index in [9.17, 15) is 0 Å². The summed E-state index contributed by atoms with van der Waals surface area (Å²) in [5.74, 6) is 0. The zero-order valence-electron chi connectivity index (χ0n) is 12.9. The van der Waals surface area contributed by atoms with Crippen LogP contribution in [0.15, 0.2) is 30.5 Å². The zero-order valence-corrected chi connectivity index (χ0v) is 12.9. The molecule has 3 nitrogen and oxygen atoms in total. The number of rotatable bonds is 4. The maximum absolute atomic E-state index is 3.78. The Kier molecular flexibility index (Phi) is 3.48. The fourth-order valence-electron chi connectivity index (χ4n) is 3.73. The minimum Gasteiger partial charge on any atom is -0.350 e. The van der Waals surface area contributed by atoms with Crippen LogP contribution in [0.1, 0.15) is 31.2 Å². The molecule has 2 heterocycles. The molecule has 0 radical (unpaired) electrons. The van der Waals surface area contributed by atoms with Crippen molar-refractivity contribution in [2.24, 2.45) is 7.05 Å². The first kappa shape index (κ1) is 13.4. The van der Waals surface area contributed by atoms with Crippen molar-refractivity contribution in [3.63, 3.8) is 0 Å². The molecule has 21 heavy (non-hydrogen) atoms. The Hall–Kier alpha value is -1.32. The van der Waals surface area contributed by atoms with Crippen LogP contribution in [-0.2, 0) is 13.6 Å². The first-order chi connectivity index (χ1) is 10.3. The third-order valence-electron chi connectivity index (χ3n) is 5.15. The highest BCUT2D eigenvalue weighted by atomic mass is 15.2. The summed E-state index contributed by atoms with van der Waals surface area (Å²) in [4.78, 5) is 2.69. The standard InChI is InChI=1S/C18H25N3/c1-20-13-14(17-4-2-3-5-18(17)20)12-19-15-8-10-21(11-9-15)16-6-7-16/h2-5,13,15-16,19H,6-12H2,1H3. The number of benzene rings is 1. The summed E-state index contributed by atoms with van der Waals surface area (Å²) in [7, 11) is 2.14. The molecule has 1 saturated carbocycles. The van der Waals surface area contributed by atoms with Crippen molar-refractivity contribution in [2.45, 2.75) is 44.3 Å². The zero-order chi connectivity index (χ0) is 14.2. The molecule has 1 N–H and O–H groups in total. The Balaban J connectivity index is 1.37. The second-order valence-corrected chi connectivity index (χ2v) is 6.70. The average Bonchev–Trinajstić information content (AvgIpc) is 3.32. The van der Waals surface area contributed by atoms with Crippen LogP contribution >= 0.6 is 0 Å². The smallest absolute Gasteiger partial charge is 0.0481 e. The lowest BCUT2D eigenvalue weighted by Gasteiger charge is -2.32. The summed E-state index contributed by atoms with van der Waals surface area (Å²) in [6.07, 6.45) is 7.77. The average molecular weight is 283 g/mol. The van der Waals surface area contributed by atoms with Crippen molar-refractivity contribution in [2.75, 3.05) is 13.1 Å². The van der Waals surface area contributed by atoms with Crippen molar-refractivity contribution >= 4 is 10.9 Å². The molecule has 1 aliphatic heterocycles. The highest BCUT2D eigenvalue weighted by molar-refractivity contribution is 5.83. The van der Waals surface area contributed by atoms with Crippen LogP contribution in [0.4, 0.5) is 0 Å². The lowest BCUT2D eigenvalue weighted by atomic mass is 10.0. The lowest BCUT2D eigenvalue weighted by molar-refractivity contribution is 0.189. The maximum atomic E-state index is 3.78. The summed E-state index contributed by atoms with van der Waals surface area (Å²) >= 11 is 0. The second-order valence-electron chi connectivity index (χ2n) is 6.70. The van der Waals surface area contributed by atoms with E-state index in [0.29, 0.717) is 6.04 Å². The fraction of sp³-hybridized carbons (Fsp3) is 0.556. The van der Waals surface area contributed by atoms with E-state index >= 15 is 0 Å². The van der Waals surface area contributed by atoms with Crippen LogP contribution in [0.2, 0.25) is 0 Å². The summed E-state index contributed by atoms with van der Waals surface area (Å²) in [6.45, 7) is 3.57. The van der Waals surface area contributed by atoms with E-state index in [4.69, 9.17) is 0 Å². The summed E-state index contributed by atoms with van der Waals surface area (Å²) in [6, 6.07) is 10.3. The first-order valence-corrected chi connectivity index (χ1v) is 8.31. The minimum absolute atomic E-state index is 0.693. The number of hydrogen-bond acceptors (Lipinski definition) is 2. The molecule has 2 fully saturated rings. The molecule has 0 bridgehead atoms. The number of aryl methyl sites for hydroxylation is 1. The van der Waals surface area contributed by atoms with Gasteiger partial charge in [-0.25, -0.2) is 0 Å². The van der Waals surface area contributed by atoms with Gasteiger partial charge in [0.15, 0.2) is 0 Å². The Labute approximate surface area is 126 Å². The number of nitrogens with one attached hydrogen (secondary N) is 1. The van der Waals surface area contributed by atoms with Crippen molar-refractivity contribution < 1.29 is 0 Å². The Morgan fingerprint density at radius 3 is 2.62 bits per heavy atom. The number of piperidine rings is 1. The van der Waals surface area contributed by atoms with Gasteiger partial charge in [0.05, 0.1) is 0 Å². The molecule has 1 aliphatic carbocycles. The van der Waals surface area contributed by atoms with E-state index in [0.717, 1.165) is 12.6 Å². The van der Waals surface area contributed by atoms with Crippen LogP contribution in [-0.4, -0.2) is 34.6 Å². The SMILES string of the molecule is Cn1cc(CNC2CCN(C3CC3)CC2)c2ccccc21. The van der Waals surface area contributed by atoms with Gasteiger partial charge in [-0.2, -0.15) is 0 Å². The van der Waals surface area contributed by atoms with Gasteiger partial charge in [-0.1, -0.05) is 18.2 Å². The molecule has 1 aromatic heterocycles. The fourth-order valence-corrected chi connectivity index (χ4v) is 3.73. The third-order valence-corrected chi connectivity index (χ3v) is 5.15. The number of likely N-dealkylation sites (tertiary alicyclic amines) is 1. The number of hydrogen-bond donors (Lipinski definition) is 1. The largest absolute Gasteiger partial charge is 0.350 e. The van der Waals surface area contributed by atoms with E-state index in [1.807, 2.05) is 0 Å². The third kappa shape index (κ3) is 2.72. The van der Waals surface area contributed by atoms with E-state index < -0.39 is 0 Å². The summed E-state index contributed by atoms with van der Waals surface area (Å²) < 4.78 is 2.24. The summed E-state index contributed by atoms with van der Waals surface area (Å²) in [5, 5.41) is 5.17. The molecule has 0 spiro atoms. The molecule has 112 valence electrons. The molecular formula is C18H25N3. The van der Waals surface area contributed by atoms with Crippen LogP contribution < -0.4 is 5.32 Å². The normalized spacial score (nSPS) is 21.2. The molecule has 1 saturated heterocycles. The van der Waals surface area contributed by atoms with Gasteiger partial charge in [0.2, 0.25) is 0 Å². The van der Waals surface area contributed by atoms with E-state index in [-0.39, 0.29) is 0 Å². The second kappa shape index (κ2) is 5.47. The Bertz CT molecular complexity index is 618. The molecule has 0 atom stereocenters. The molecule has 0 unspecified atom stereocenters. The van der Waals surface area contributed by atoms with Crippen molar-refractivity contribution in [3.8, 4) is 0 Å². The van der Waals surface area contributed by atoms with Crippen molar-refractivity contribution in [1.82, 2.24) is 14.8 Å². The van der Waals surface area contributed by atoms with Gasteiger partial charge in [0.1, 0.15) is 0 Å². The molecule has 1 aromatic carbocycles. The van der Waals surface area contributed by atoms with Crippen LogP contribution in [0.3, 0.4) is 0 Å². The predicted octanol–water partition coefficient (Wildman–Crippen LogP) is 2.89. The van der Waals surface area contributed by atoms with Gasteiger partial charge in [0, 0.05) is 42.8 Å². The van der Waals surface area contributed by atoms with Crippen LogP contribution in [0.25, 0.3) is 10.9 Å². The molecule has 0 amide bonds. The van der Waals surface area contributed by atoms with Crippen molar-refractivity contribution in [1.29, 1.82) is 0 Å². The van der Waals surface area contributed by atoms with Gasteiger partial charge in [-0.3, -0.25) is 0 Å². The monoisotopic (exact) mass is 283 g/mol. The highest BCUT2D eigenvalue weighted by Crippen LogP contribution is 2.29. The number of para-hydroxylation sites is 1. The van der Waals surface area contributed by atoms with Gasteiger partial charge >= 0.3 is 0 Å². The van der Waals surface area contributed by atoms with Gasteiger partial charge < -0.3 is 14.8 Å². The van der Waals surface area contributed by atoms with Gasteiger partial charge in [-0.15, -0.1) is 0 Å². The van der Waals surface area contributed by atoms with Crippen molar-refractivity contribution in [3.05, 3.63) is 36.0 Å². The molecular weight excluding hydrogens is 258 g/mol. The Morgan fingerprint density at radius 2 is 1.86 bits per heavy atom. The topological polar surface area (TPSA) is 20.2 Å². The van der Waals surface area contributed by atoms with E-state index in [1.54, 1.807) is 0 Å². The highest BCUT2D eigenvalue weighted by Gasteiger charge is 2.31. The van der Waals surface area contributed by atoms with Crippen LogP contribution in [0.5, 0.6) is 0 Å². The maximum Gasteiger partial charge on any atom is 0.0481 e. The molecule has 4 rings (SSSR count). The van der Waals surface area contributed by atoms with Crippen LogP contribution in [0, 0.1) is 0 Å². The van der Waals surface area contributed by atoms with E-state index in [1.165, 1.54) is 55.2 Å². The molecule has 2 aliphatic rings. The first-order valence-electron chi connectivity index (χ1n) is 8.31. The Morgan fingerprint density at radius 1 is 1.10 bits per heavy atom. The quantitative estimate of drug-likeness (QED) is 0.931. The van der Waals surface area contributed by atoms with Gasteiger partial charge in [-0.05, 0) is 50.4 Å². The number of nitrogens with zero attached hydrogens (tertiary/aromatic N) is 2. The number of aromatic nitrogens is 1. The predicted molar refractivity (Wildman–Crippen MR) is 87.4 cm³/mol. The number of fused-ring (bicyclic) bond motifs is 1. The lowest BCUT2D eigenvalue weighted by Crippen LogP contribution is -2.43.